The van der Waals surface area contributed by atoms with E-state index in [2.05, 4.69) is 5.32 Å². The molecule has 0 unspecified atom stereocenters. The molecule has 8 heteroatoms. The lowest BCUT2D eigenvalue weighted by Gasteiger charge is -2.10. The number of hydrogen-bond acceptors (Lipinski definition) is 1. The van der Waals surface area contributed by atoms with Gasteiger partial charge in [0.2, 0.25) is 0 Å². The molecular formula is C12H9F4N3O. The molecule has 0 aliphatic rings. The third-order valence-electron chi connectivity index (χ3n) is 2.52. The highest BCUT2D eigenvalue weighted by molar-refractivity contribution is 5.87. The van der Waals surface area contributed by atoms with Crippen LogP contribution in [0.3, 0.4) is 0 Å². The monoisotopic (exact) mass is 287 g/mol. The summed E-state index contributed by atoms with van der Waals surface area (Å²) in [6.45, 7) is 0. The van der Waals surface area contributed by atoms with Crippen LogP contribution in [0.5, 0.6) is 0 Å². The van der Waals surface area contributed by atoms with E-state index in [4.69, 9.17) is 5.73 Å². The molecule has 0 fully saturated rings. The molecule has 106 valence electrons. The molecule has 2 amide bonds. The molecule has 0 bridgehead atoms. The molecule has 1 heterocycles. The van der Waals surface area contributed by atoms with Crippen LogP contribution in [0.1, 0.15) is 5.56 Å². The molecule has 4 nitrogen and oxygen atoms in total. The van der Waals surface area contributed by atoms with Gasteiger partial charge >= 0.3 is 12.2 Å². The number of amides is 2. The number of hydrogen-bond donors (Lipinski definition) is 2. The zero-order valence-electron chi connectivity index (χ0n) is 9.91. The van der Waals surface area contributed by atoms with E-state index in [1.807, 2.05) is 0 Å². The Morgan fingerprint density at radius 3 is 2.50 bits per heavy atom. The van der Waals surface area contributed by atoms with Gasteiger partial charge in [0.25, 0.3) is 0 Å². The summed E-state index contributed by atoms with van der Waals surface area (Å²) in [6.07, 6.45) is -1.89. The fourth-order valence-corrected chi connectivity index (χ4v) is 1.67. The van der Waals surface area contributed by atoms with Gasteiger partial charge < -0.3 is 15.6 Å². The van der Waals surface area contributed by atoms with Crippen molar-refractivity contribution in [2.24, 2.45) is 5.73 Å². The summed E-state index contributed by atoms with van der Waals surface area (Å²) in [6, 6.07) is 3.24. The number of halogens is 4. The second kappa shape index (κ2) is 4.87. The average Bonchev–Trinajstić information content (AvgIpc) is 2.74. The molecule has 1 aromatic carbocycles. The van der Waals surface area contributed by atoms with Gasteiger partial charge in [0.15, 0.2) is 0 Å². The molecule has 0 spiro atoms. The van der Waals surface area contributed by atoms with Crippen LogP contribution in [0, 0.1) is 5.82 Å². The summed E-state index contributed by atoms with van der Waals surface area (Å²) >= 11 is 0. The van der Waals surface area contributed by atoms with E-state index in [1.165, 1.54) is 23.0 Å². The van der Waals surface area contributed by atoms with E-state index in [1.54, 1.807) is 0 Å². The van der Waals surface area contributed by atoms with Gasteiger partial charge in [-0.05, 0) is 24.3 Å². The Kier molecular flexibility index (Phi) is 3.39. The average molecular weight is 287 g/mol. The Bertz CT molecular complexity index is 648. The summed E-state index contributed by atoms with van der Waals surface area (Å²) in [4.78, 5) is 10.6. The number of carbonyl (C=O) groups is 1. The third-order valence-corrected chi connectivity index (χ3v) is 2.52. The second-order valence-corrected chi connectivity index (χ2v) is 3.96. The maximum atomic E-state index is 13.4. The summed E-state index contributed by atoms with van der Waals surface area (Å²) in [7, 11) is 0. The van der Waals surface area contributed by atoms with E-state index >= 15 is 0 Å². The van der Waals surface area contributed by atoms with E-state index in [-0.39, 0.29) is 5.69 Å². The molecular weight excluding hydrogens is 278 g/mol. The van der Waals surface area contributed by atoms with Crippen molar-refractivity contribution in [1.82, 2.24) is 4.57 Å². The number of nitrogens with two attached hydrogens (primary N) is 1. The van der Waals surface area contributed by atoms with Gasteiger partial charge in [-0.3, -0.25) is 0 Å². The van der Waals surface area contributed by atoms with Crippen molar-refractivity contribution in [1.29, 1.82) is 0 Å². The second-order valence-electron chi connectivity index (χ2n) is 3.96. The highest BCUT2D eigenvalue weighted by Gasteiger charge is 2.33. The minimum absolute atomic E-state index is 0.188. The summed E-state index contributed by atoms with van der Waals surface area (Å²) in [5, 5.41) is 2.29. The van der Waals surface area contributed by atoms with Gasteiger partial charge in [-0.2, -0.15) is 13.2 Å². The van der Waals surface area contributed by atoms with Crippen LogP contribution in [-0.4, -0.2) is 10.6 Å². The van der Waals surface area contributed by atoms with E-state index < -0.39 is 23.6 Å². The van der Waals surface area contributed by atoms with Crippen molar-refractivity contribution in [3.63, 3.8) is 0 Å². The first-order valence-electron chi connectivity index (χ1n) is 5.39. The van der Waals surface area contributed by atoms with Gasteiger partial charge in [0.05, 0.1) is 11.3 Å². The van der Waals surface area contributed by atoms with E-state index in [0.29, 0.717) is 11.8 Å². The highest BCUT2D eigenvalue weighted by Crippen LogP contribution is 2.32. The Morgan fingerprint density at radius 1 is 1.25 bits per heavy atom. The first-order chi connectivity index (χ1) is 9.27. The molecule has 20 heavy (non-hydrogen) atoms. The number of anilines is 1. The SMILES string of the molecule is NC(=O)Nc1ccn(-c2ccc(C(F)(F)F)c(F)c2)c1. The predicted molar refractivity (Wildman–Crippen MR) is 63.9 cm³/mol. The maximum Gasteiger partial charge on any atom is 0.419 e. The Labute approximate surface area is 110 Å². The number of aromatic nitrogens is 1. The molecule has 0 radical (unpaired) electrons. The minimum Gasteiger partial charge on any atom is -0.351 e. The number of urea groups is 1. The third kappa shape index (κ3) is 2.90. The molecule has 0 saturated carbocycles. The number of rotatable bonds is 2. The minimum atomic E-state index is -4.74. The zero-order chi connectivity index (χ0) is 14.9. The molecule has 2 aromatic rings. The van der Waals surface area contributed by atoms with Crippen LogP contribution in [0.4, 0.5) is 28.0 Å². The lowest BCUT2D eigenvalue weighted by atomic mass is 10.2. The van der Waals surface area contributed by atoms with Gasteiger partial charge in [-0.1, -0.05) is 0 Å². The standard InChI is InChI=1S/C12H9F4N3O/c13-10-5-8(1-2-9(10)12(14,15)16)19-4-3-7(6-19)18-11(17)20/h1-6H,(H3,17,18,20). The van der Waals surface area contributed by atoms with Crippen LogP contribution in [0.2, 0.25) is 0 Å². The molecule has 0 saturated heterocycles. The van der Waals surface area contributed by atoms with Crippen LogP contribution >= 0.6 is 0 Å². The molecule has 1 aromatic heterocycles. The van der Waals surface area contributed by atoms with Crippen LogP contribution < -0.4 is 11.1 Å². The first-order valence-corrected chi connectivity index (χ1v) is 5.39. The fourth-order valence-electron chi connectivity index (χ4n) is 1.67. The van der Waals surface area contributed by atoms with E-state index in [0.717, 1.165) is 12.1 Å². The van der Waals surface area contributed by atoms with Gasteiger partial charge in [0, 0.05) is 18.1 Å². The molecule has 2 rings (SSSR count). The van der Waals surface area contributed by atoms with Gasteiger partial charge in [0.1, 0.15) is 5.82 Å². The van der Waals surface area contributed by atoms with Crippen molar-refractivity contribution in [2.75, 3.05) is 5.32 Å². The first kappa shape index (κ1) is 13.9. The lowest BCUT2D eigenvalue weighted by molar-refractivity contribution is -0.139. The van der Waals surface area contributed by atoms with Crippen molar-refractivity contribution >= 4 is 11.7 Å². The summed E-state index contributed by atoms with van der Waals surface area (Å²) in [5.74, 6) is -1.37. The fraction of sp³-hybridized carbons (Fsp3) is 0.0833. The van der Waals surface area contributed by atoms with Crippen molar-refractivity contribution < 1.29 is 22.4 Å². The normalized spacial score (nSPS) is 11.4. The molecule has 0 aliphatic carbocycles. The van der Waals surface area contributed by atoms with Crippen molar-refractivity contribution in [2.45, 2.75) is 6.18 Å². The van der Waals surface area contributed by atoms with Crippen LogP contribution in [0.25, 0.3) is 5.69 Å². The van der Waals surface area contributed by atoms with E-state index in [9.17, 15) is 22.4 Å². The number of nitrogens with one attached hydrogen (secondary N) is 1. The Morgan fingerprint density at radius 2 is 1.95 bits per heavy atom. The number of carbonyl (C=O) groups excluding carboxylic acids is 1. The topological polar surface area (TPSA) is 60.1 Å². The van der Waals surface area contributed by atoms with Crippen LogP contribution in [0.15, 0.2) is 36.7 Å². The number of benzene rings is 1. The van der Waals surface area contributed by atoms with Crippen molar-refractivity contribution in [3.05, 3.63) is 48.0 Å². The molecule has 0 atom stereocenters. The van der Waals surface area contributed by atoms with Gasteiger partial charge in [-0.15, -0.1) is 0 Å². The molecule has 0 aliphatic heterocycles. The number of primary amides is 1. The maximum absolute atomic E-state index is 13.4. The smallest absolute Gasteiger partial charge is 0.351 e. The Hall–Kier alpha value is -2.51. The lowest BCUT2D eigenvalue weighted by Crippen LogP contribution is -2.18. The zero-order valence-corrected chi connectivity index (χ0v) is 9.91. The predicted octanol–water partition coefficient (Wildman–Crippen LogP) is 3.13. The molecule has 3 N–H and O–H groups in total. The number of alkyl halides is 3. The largest absolute Gasteiger partial charge is 0.419 e. The van der Waals surface area contributed by atoms with Crippen molar-refractivity contribution in [3.8, 4) is 5.69 Å². The summed E-state index contributed by atoms with van der Waals surface area (Å²) in [5.41, 5.74) is 4.12. The highest BCUT2D eigenvalue weighted by atomic mass is 19.4. The Balaban J connectivity index is 2.32. The van der Waals surface area contributed by atoms with Gasteiger partial charge in [-0.25, -0.2) is 9.18 Å². The quantitative estimate of drug-likeness (QED) is 0.819. The van der Waals surface area contributed by atoms with Crippen LogP contribution in [-0.2, 0) is 6.18 Å². The number of nitrogens with zero attached hydrogens (tertiary/aromatic N) is 1. The summed E-state index contributed by atoms with van der Waals surface area (Å²) < 4.78 is 52.0.